The Morgan fingerprint density at radius 2 is 1.95 bits per heavy atom. The molecule has 0 aliphatic rings. The number of sulfonamides is 1. The number of para-hydroxylation sites is 1. The first-order valence-corrected chi connectivity index (χ1v) is 7.69. The van der Waals surface area contributed by atoms with Crippen molar-refractivity contribution in [3.63, 3.8) is 0 Å². The number of aromatic hydroxyl groups is 1. The van der Waals surface area contributed by atoms with Crippen LogP contribution in [-0.2, 0) is 16.6 Å². The van der Waals surface area contributed by atoms with E-state index in [4.69, 9.17) is 5.26 Å². The molecule has 2 N–H and O–H groups in total. The summed E-state index contributed by atoms with van der Waals surface area (Å²) in [5.74, 6) is 0.0387. The van der Waals surface area contributed by atoms with Gasteiger partial charge in [-0.1, -0.05) is 18.2 Å². The maximum absolute atomic E-state index is 12.3. The van der Waals surface area contributed by atoms with Gasteiger partial charge in [0.05, 0.1) is 16.5 Å². The summed E-state index contributed by atoms with van der Waals surface area (Å²) in [5, 5.41) is 18.4. The topological polar surface area (TPSA) is 90.2 Å². The molecule has 0 atom stereocenters. The Balaban J connectivity index is 2.24. The normalized spacial score (nSPS) is 11.0. The predicted molar refractivity (Wildman–Crippen MR) is 78.0 cm³/mol. The van der Waals surface area contributed by atoms with Crippen LogP contribution in [0.3, 0.4) is 0 Å². The Labute approximate surface area is 123 Å². The summed E-state index contributed by atoms with van der Waals surface area (Å²) >= 11 is 0. The van der Waals surface area contributed by atoms with E-state index < -0.39 is 10.0 Å². The van der Waals surface area contributed by atoms with Crippen LogP contribution in [0.2, 0.25) is 0 Å². The van der Waals surface area contributed by atoms with Crippen molar-refractivity contribution < 1.29 is 13.5 Å². The van der Waals surface area contributed by atoms with E-state index >= 15 is 0 Å². The molecular formula is C15H14N2O3S. The number of nitrogens with one attached hydrogen (secondary N) is 1. The van der Waals surface area contributed by atoms with Gasteiger partial charge in [-0.3, -0.25) is 0 Å². The van der Waals surface area contributed by atoms with Gasteiger partial charge in [0.1, 0.15) is 5.75 Å². The number of nitriles is 1. The summed E-state index contributed by atoms with van der Waals surface area (Å²) < 4.78 is 27.0. The van der Waals surface area contributed by atoms with Gasteiger partial charge in [0, 0.05) is 12.1 Å². The summed E-state index contributed by atoms with van der Waals surface area (Å²) in [6.07, 6.45) is 0. The third-order valence-electron chi connectivity index (χ3n) is 3.04. The minimum absolute atomic E-state index is 0.00551. The molecule has 0 unspecified atom stereocenters. The highest BCUT2D eigenvalue weighted by atomic mass is 32.2. The number of phenols is 1. The molecule has 0 fully saturated rings. The van der Waals surface area contributed by atoms with E-state index in [0.29, 0.717) is 16.7 Å². The quantitative estimate of drug-likeness (QED) is 0.904. The minimum atomic E-state index is -3.70. The highest BCUT2D eigenvalue weighted by Crippen LogP contribution is 2.19. The Kier molecular flexibility index (Phi) is 4.26. The predicted octanol–water partition coefficient (Wildman–Crippen LogP) is 2.05. The highest BCUT2D eigenvalue weighted by Gasteiger charge is 2.17. The molecule has 0 radical (unpaired) electrons. The van der Waals surface area contributed by atoms with Gasteiger partial charge in [-0.2, -0.15) is 5.26 Å². The van der Waals surface area contributed by atoms with Crippen LogP contribution < -0.4 is 4.72 Å². The molecule has 0 aromatic heterocycles. The van der Waals surface area contributed by atoms with Crippen LogP contribution in [0.4, 0.5) is 0 Å². The third-order valence-corrected chi connectivity index (χ3v) is 4.60. The van der Waals surface area contributed by atoms with Crippen LogP contribution >= 0.6 is 0 Å². The number of nitrogens with zero attached hydrogens (tertiary/aromatic N) is 1. The molecule has 0 bridgehead atoms. The molecule has 5 nitrogen and oxygen atoms in total. The Morgan fingerprint density at radius 1 is 1.24 bits per heavy atom. The SMILES string of the molecule is Cc1cc(C#N)ccc1S(=O)(=O)NCc1ccccc1O. The summed E-state index contributed by atoms with van der Waals surface area (Å²) in [6, 6.07) is 12.9. The largest absolute Gasteiger partial charge is 0.508 e. The zero-order valence-electron chi connectivity index (χ0n) is 11.4. The number of aryl methyl sites for hydroxylation is 1. The molecule has 0 heterocycles. The van der Waals surface area contributed by atoms with Crippen LogP contribution in [-0.4, -0.2) is 13.5 Å². The fourth-order valence-corrected chi connectivity index (χ4v) is 3.16. The van der Waals surface area contributed by atoms with Gasteiger partial charge < -0.3 is 5.11 Å². The van der Waals surface area contributed by atoms with Crippen LogP contribution in [0.1, 0.15) is 16.7 Å². The van der Waals surface area contributed by atoms with Gasteiger partial charge in [0.2, 0.25) is 10.0 Å². The summed E-state index contributed by atoms with van der Waals surface area (Å²) in [6.45, 7) is 1.63. The van der Waals surface area contributed by atoms with Crippen molar-refractivity contribution in [2.75, 3.05) is 0 Å². The number of hydrogen-bond donors (Lipinski definition) is 2. The van der Waals surface area contributed by atoms with Gasteiger partial charge in [-0.05, 0) is 36.8 Å². The number of phenolic OH excluding ortho intramolecular Hbond substituents is 1. The van der Waals surface area contributed by atoms with E-state index in [1.807, 2.05) is 6.07 Å². The first kappa shape index (κ1) is 15.0. The second kappa shape index (κ2) is 5.95. The molecule has 2 rings (SSSR count). The monoisotopic (exact) mass is 302 g/mol. The number of hydrogen-bond acceptors (Lipinski definition) is 4. The van der Waals surface area contributed by atoms with E-state index in [1.54, 1.807) is 25.1 Å². The fourth-order valence-electron chi connectivity index (χ4n) is 1.93. The average molecular weight is 302 g/mol. The maximum Gasteiger partial charge on any atom is 0.241 e. The van der Waals surface area contributed by atoms with Crippen LogP contribution in [0.5, 0.6) is 5.75 Å². The average Bonchev–Trinajstić information content (AvgIpc) is 2.46. The minimum Gasteiger partial charge on any atom is -0.508 e. The summed E-state index contributed by atoms with van der Waals surface area (Å²) in [4.78, 5) is 0.122. The van der Waals surface area contributed by atoms with Crippen molar-refractivity contribution in [2.45, 2.75) is 18.4 Å². The zero-order valence-corrected chi connectivity index (χ0v) is 12.2. The lowest BCUT2D eigenvalue weighted by atomic mass is 10.2. The van der Waals surface area contributed by atoms with Crippen molar-refractivity contribution >= 4 is 10.0 Å². The molecule has 0 saturated heterocycles. The summed E-state index contributed by atoms with van der Waals surface area (Å²) in [5.41, 5.74) is 1.40. The standard InChI is InChI=1S/C15H14N2O3S/c1-11-8-12(9-16)6-7-15(11)21(19,20)17-10-13-4-2-3-5-14(13)18/h2-8,17-18H,10H2,1H3. The molecule has 0 saturated carbocycles. The molecule has 21 heavy (non-hydrogen) atoms. The lowest BCUT2D eigenvalue weighted by Gasteiger charge is -2.10. The zero-order chi connectivity index (χ0) is 15.5. The van der Waals surface area contributed by atoms with Crippen molar-refractivity contribution in [1.82, 2.24) is 4.72 Å². The molecule has 0 spiro atoms. The van der Waals surface area contributed by atoms with Gasteiger partial charge in [-0.15, -0.1) is 0 Å². The molecule has 2 aromatic rings. The second-order valence-corrected chi connectivity index (χ2v) is 6.28. The van der Waals surface area contributed by atoms with Gasteiger partial charge in [-0.25, -0.2) is 13.1 Å². The molecule has 108 valence electrons. The molecule has 0 amide bonds. The second-order valence-electron chi connectivity index (χ2n) is 4.55. The van der Waals surface area contributed by atoms with E-state index in [-0.39, 0.29) is 17.2 Å². The number of benzene rings is 2. The van der Waals surface area contributed by atoms with Crippen LogP contribution in [0, 0.1) is 18.3 Å². The highest BCUT2D eigenvalue weighted by molar-refractivity contribution is 7.89. The molecule has 6 heteroatoms. The first-order chi connectivity index (χ1) is 9.94. The summed E-state index contributed by atoms with van der Waals surface area (Å²) in [7, 11) is -3.70. The van der Waals surface area contributed by atoms with Crippen molar-refractivity contribution in [3.8, 4) is 11.8 Å². The van der Waals surface area contributed by atoms with E-state index in [0.717, 1.165) is 0 Å². The first-order valence-electron chi connectivity index (χ1n) is 6.21. The van der Waals surface area contributed by atoms with Gasteiger partial charge in [0.15, 0.2) is 0 Å². The van der Waals surface area contributed by atoms with Crippen LogP contribution in [0.15, 0.2) is 47.4 Å². The van der Waals surface area contributed by atoms with Crippen molar-refractivity contribution in [3.05, 3.63) is 59.2 Å². The molecular weight excluding hydrogens is 288 g/mol. The van der Waals surface area contributed by atoms with Gasteiger partial charge in [0.25, 0.3) is 0 Å². The van der Waals surface area contributed by atoms with Gasteiger partial charge >= 0.3 is 0 Å². The molecule has 0 aliphatic heterocycles. The number of rotatable bonds is 4. The Bertz CT molecular complexity index is 808. The van der Waals surface area contributed by atoms with Crippen molar-refractivity contribution in [1.29, 1.82) is 5.26 Å². The van der Waals surface area contributed by atoms with E-state index in [2.05, 4.69) is 4.72 Å². The van der Waals surface area contributed by atoms with E-state index in [1.165, 1.54) is 24.3 Å². The van der Waals surface area contributed by atoms with Crippen LogP contribution in [0.25, 0.3) is 0 Å². The molecule has 0 aliphatic carbocycles. The van der Waals surface area contributed by atoms with Crippen molar-refractivity contribution in [2.24, 2.45) is 0 Å². The fraction of sp³-hybridized carbons (Fsp3) is 0.133. The Hall–Kier alpha value is -2.36. The third kappa shape index (κ3) is 3.40. The van der Waals surface area contributed by atoms with E-state index in [9.17, 15) is 13.5 Å². The lowest BCUT2D eigenvalue weighted by molar-refractivity contribution is 0.467. The maximum atomic E-state index is 12.3. The Morgan fingerprint density at radius 3 is 2.57 bits per heavy atom. The molecule has 2 aromatic carbocycles. The lowest BCUT2D eigenvalue weighted by Crippen LogP contribution is -2.24. The smallest absolute Gasteiger partial charge is 0.241 e.